The Labute approximate surface area is 230 Å². The number of methoxy groups -OCH3 is 2. The minimum atomic E-state index is -0.522. The molecular weight excluding hydrogens is 524 g/mol. The van der Waals surface area contributed by atoms with Crippen LogP contribution in [0.2, 0.25) is 5.02 Å². The van der Waals surface area contributed by atoms with Gasteiger partial charge in [-0.15, -0.1) is 0 Å². The van der Waals surface area contributed by atoms with Crippen molar-refractivity contribution in [3.63, 3.8) is 0 Å². The van der Waals surface area contributed by atoms with Crippen LogP contribution in [-0.4, -0.2) is 34.8 Å². The molecule has 0 fully saturated rings. The van der Waals surface area contributed by atoms with Gasteiger partial charge in [0.25, 0.3) is 11.6 Å². The van der Waals surface area contributed by atoms with E-state index in [-0.39, 0.29) is 23.2 Å². The number of hydrogen-bond acceptors (Lipinski definition) is 7. The third-order valence-electron chi connectivity index (χ3n) is 6.14. The van der Waals surface area contributed by atoms with Crippen LogP contribution in [0.3, 0.4) is 0 Å². The van der Waals surface area contributed by atoms with Crippen LogP contribution in [0, 0.1) is 24.0 Å². The van der Waals surface area contributed by atoms with E-state index < -0.39 is 4.92 Å². The molecule has 1 N–H and O–H groups in total. The van der Waals surface area contributed by atoms with Gasteiger partial charge < -0.3 is 19.5 Å². The number of halogens is 1. The minimum Gasteiger partial charge on any atom is -0.493 e. The second-order valence-corrected chi connectivity index (χ2v) is 9.11. The van der Waals surface area contributed by atoms with Crippen LogP contribution < -0.4 is 19.5 Å². The molecule has 0 aliphatic heterocycles. The number of carbonyl (C=O) groups is 1. The zero-order valence-corrected chi connectivity index (χ0v) is 22.6. The second kappa shape index (κ2) is 11.9. The normalized spacial score (nSPS) is 10.7. The standard InChI is InChI=1S/C28H27ClN4O6/c1-17-27(18(2)32(31-17)15-20-7-11-25(37-3)26(13-20)38-4)30-28(34)21-8-5-19(6-9-21)16-39-24-12-10-22(33(35)36)14-23(24)29/h5-14H,15-16H2,1-4H3,(H,30,34). The first kappa shape index (κ1) is 27.5. The average molecular weight is 551 g/mol. The maximum atomic E-state index is 13.0. The van der Waals surface area contributed by atoms with Crippen molar-refractivity contribution in [2.75, 3.05) is 19.5 Å². The van der Waals surface area contributed by atoms with Gasteiger partial charge in [-0.3, -0.25) is 19.6 Å². The summed E-state index contributed by atoms with van der Waals surface area (Å²) in [6.07, 6.45) is 0. The first-order valence-corrected chi connectivity index (χ1v) is 12.3. The Morgan fingerprint density at radius 2 is 1.64 bits per heavy atom. The Balaban J connectivity index is 1.40. The van der Waals surface area contributed by atoms with Crippen LogP contribution in [0.4, 0.5) is 11.4 Å². The maximum absolute atomic E-state index is 13.0. The molecule has 0 spiro atoms. The minimum absolute atomic E-state index is 0.111. The largest absolute Gasteiger partial charge is 0.493 e. The van der Waals surface area contributed by atoms with E-state index in [2.05, 4.69) is 10.4 Å². The van der Waals surface area contributed by atoms with Crippen LogP contribution >= 0.6 is 11.6 Å². The predicted molar refractivity (Wildman–Crippen MR) is 147 cm³/mol. The lowest BCUT2D eigenvalue weighted by molar-refractivity contribution is -0.384. The van der Waals surface area contributed by atoms with Gasteiger partial charge in [0.05, 0.1) is 47.8 Å². The maximum Gasteiger partial charge on any atom is 0.271 e. The number of nitrogens with zero attached hydrogens (tertiary/aromatic N) is 3. The number of non-ortho nitro benzene ring substituents is 1. The smallest absolute Gasteiger partial charge is 0.271 e. The number of carbonyl (C=O) groups excluding carboxylic acids is 1. The number of anilines is 1. The molecule has 39 heavy (non-hydrogen) atoms. The Morgan fingerprint density at radius 1 is 0.974 bits per heavy atom. The summed E-state index contributed by atoms with van der Waals surface area (Å²) >= 11 is 6.08. The van der Waals surface area contributed by atoms with Gasteiger partial charge in [0, 0.05) is 17.7 Å². The molecule has 0 atom stereocenters. The number of ether oxygens (including phenoxy) is 3. The molecule has 3 aromatic carbocycles. The van der Waals surface area contributed by atoms with E-state index in [9.17, 15) is 14.9 Å². The molecule has 11 heteroatoms. The number of nitro benzene ring substituents is 1. The molecule has 0 aliphatic rings. The number of benzene rings is 3. The quantitative estimate of drug-likeness (QED) is 0.191. The average Bonchev–Trinajstić information content (AvgIpc) is 3.19. The van der Waals surface area contributed by atoms with Gasteiger partial charge in [0.2, 0.25) is 0 Å². The Morgan fingerprint density at radius 3 is 2.28 bits per heavy atom. The molecule has 1 heterocycles. The highest BCUT2D eigenvalue weighted by molar-refractivity contribution is 6.32. The van der Waals surface area contributed by atoms with E-state index in [0.29, 0.717) is 40.7 Å². The summed E-state index contributed by atoms with van der Waals surface area (Å²) in [5, 5.41) is 18.6. The van der Waals surface area contributed by atoms with Gasteiger partial charge >= 0.3 is 0 Å². The van der Waals surface area contributed by atoms with Crippen molar-refractivity contribution < 1.29 is 23.9 Å². The zero-order valence-electron chi connectivity index (χ0n) is 21.9. The molecule has 4 aromatic rings. The predicted octanol–water partition coefficient (Wildman–Crippen LogP) is 5.96. The highest BCUT2D eigenvalue weighted by Gasteiger charge is 2.17. The topological polar surface area (TPSA) is 118 Å². The van der Waals surface area contributed by atoms with E-state index in [4.69, 9.17) is 25.8 Å². The number of hydrogen-bond donors (Lipinski definition) is 1. The van der Waals surface area contributed by atoms with E-state index in [1.54, 1.807) is 38.5 Å². The van der Waals surface area contributed by atoms with Gasteiger partial charge in [0.15, 0.2) is 11.5 Å². The summed E-state index contributed by atoms with van der Waals surface area (Å²) < 4.78 is 18.2. The molecule has 202 valence electrons. The first-order chi connectivity index (χ1) is 18.7. The summed E-state index contributed by atoms with van der Waals surface area (Å²) in [6.45, 7) is 4.43. The Bertz CT molecular complexity index is 1520. The van der Waals surface area contributed by atoms with Crippen LogP contribution in [0.1, 0.15) is 32.9 Å². The number of aromatic nitrogens is 2. The lowest BCUT2D eigenvalue weighted by atomic mass is 10.1. The van der Waals surface area contributed by atoms with Crippen LogP contribution in [-0.2, 0) is 13.2 Å². The molecule has 0 saturated heterocycles. The van der Waals surface area contributed by atoms with Crippen molar-refractivity contribution >= 4 is 28.9 Å². The van der Waals surface area contributed by atoms with E-state index in [0.717, 1.165) is 16.8 Å². The fourth-order valence-electron chi connectivity index (χ4n) is 4.00. The molecule has 0 bridgehead atoms. The van der Waals surface area contributed by atoms with Crippen molar-refractivity contribution in [2.45, 2.75) is 27.0 Å². The molecule has 1 amide bonds. The second-order valence-electron chi connectivity index (χ2n) is 8.70. The van der Waals surface area contributed by atoms with Gasteiger partial charge in [-0.05, 0) is 55.3 Å². The van der Waals surface area contributed by atoms with Crippen LogP contribution in [0.15, 0.2) is 60.7 Å². The number of nitrogens with one attached hydrogen (secondary N) is 1. The van der Waals surface area contributed by atoms with Gasteiger partial charge in [-0.25, -0.2) is 0 Å². The van der Waals surface area contributed by atoms with Crippen LogP contribution in [0.5, 0.6) is 17.2 Å². The van der Waals surface area contributed by atoms with Crippen molar-refractivity contribution in [3.8, 4) is 17.2 Å². The summed E-state index contributed by atoms with van der Waals surface area (Å²) in [7, 11) is 3.18. The number of rotatable bonds is 10. The van der Waals surface area contributed by atoms with Gasteiger partial charge in [0.1, 0.15) is 12.4 Å². The molecule has 4 rings (SSSR count). The van der Waals surface area contributed by atoms with Gasteiger partial charge in [-0.1, -0.05) is 29.8 Å². The molecular formula is C28H27ClN4O6. The number of amides is 1. The summed E-state index contributed by atoms with van der Waals surface area (Å²) in [5.74, 6) is 1.35. The lowest BCUT2D eigenvalue weighted by Crippen LogP contribution is -2.13. The SMILES string of the molecule is COc1ccc(Cn2nc(C)c(NC(=O)c3ccc(COc4ccc([N+](=O)[O-])cc4Cl)cc3)c2C)cc1OC. The van der Waals surface area contributed by atoms with E-state index in [1.807, 2.05) is 36.7 Å². The molecule has 0 aliphatic carbocycles. The molecule has 0 radical (unpaired) electrons. The van der Waals surface area contributed by atoms with Crippen molar-refractivity contribution in [2.24, 2.45) is 0 Å². The fraction of sp³-hybridized carbons (Fsp3) is 0.214. The Hall–Kier alpha value is -4.57. The van der Waals surface area contributed by atoms with Gasteiger partial charge in [-0.2, -0.15) is 5.10 Å². The highest BCUT2D eigenvalue weighted by Crippen LogP contribution is 2.30. The summed E-state index contributed by atoms with van der Waals surface area (Å²) in [4.78, 5) is 23.3. The highest BCUT2D eigenvalue weighted by atomic mass is 35.5. The fourth-order valence-corrected chi connectivity index (χ4v) is 4.23. The molecule has 1 aromatic heterocycles. The lowest BCUT2D eigenvalue weighted by Gasteiger charge is -2.11. The first-order valence-electron chi connectivity index (χ1n) is 11.9. The third kappa shape index (κ3) is 6.29. The Kier molecular flexibility index (Phi) is 8.36. The number of aryl methyl sites for hydroxylation is 1. The molecule has 0 unspecified atom stereocenters. The summed E-state index contributed by atoms with van der Waals surface area (Å²) in [5.41, 5.74) is 4.31. The van der Waals surface area contributed by atoms with Crippen molar-refractivity contribution in [3.05, 3.63) is 104 Å². The third-order valence-corrected chi connectivity index (χ3v) is 6.43. The van der Waals surface area contributed by atoms with Crippen LogP contribution in [0.25, 0.3) is 0 Å². The summed E-state index contributed by atoms with van der Waals surface area (Å²) in [6, 6.07) is 16.7. The van der Waals surface area contributed by atoms with E-state index >= 15 is 0 Å². The van der Waals surface area contributed by atoms with E-state index in [1.165, 1.54) is 18.2 Å². The monoisotopic (exact) mass is 550 g/mol. The van der Waals surface area contributed by atoms with Crippen molar-refractivity contribution in [1.82, 2.24) is 9.78 Å². The number of nitro groups is 1. The molecule has 0 saturated carbocycles. The van der Waals surface area contributed by atoms with Crippen molar-refractivity contribution in [1.29, 1.82) is 0 Å². The molecule has 10 nitrogen and oxygen atoms in total. The zero-order chi connectivity index (χ0) is 28.1.